The molecule has 0 spiro atoms. The van der Waals surface area contributed by atoms with Crippen molar-refractivity contribution in [3.63, 3.8) is 0 Å². The van der Waals surface area contributed by atoms with Gasteiger partial charge in [-0.3, -0.25) is 10.2 Å². The third-order valence-electron chi connectivity index (χ3n) is 4.50. The van der Waals surface area contributed by atoms with Crippen LogP contribution in [0, 0.1) is 5.95 Å². The number of piperazine rings is 1. The molecule has 0 aromatic carbocycles. The number of hydrogen-bond acceptors (Lipinski definition) is 7. The number of hydrogen-bond donors (Lipinski definition) is 1. The summed E-state index contributed by atoms with van der Waals surface area (Å²) in [7, 11) is 0. The fourth-order valence-electron chi connectivity index (χ4n) is 3.00. The molecule has 1 N–H and O–H groups in total. The Hall–Kier alpha value is -3.11. The Morgan fingerprint density at radius 1 is 1.03 bits per heavy atom. The number of halogens is 1. The number of pyridine rings is 1. The molecule has 3 amide bonds. The van der Waals surface area contributed by atoms with Crippen LogP contribution in [0.5, 0.6) is 0 Å². The maximum atomic E-state index is 14.7. The second-order valence-corrected chi connectivity index (χ2v) is 9.63. The molecule has 33 heavy (non-hydrogen) atoms. The van der Waals surface area contributed by atoms with Crippen molar-refractivity contribution >= 4 is 23.8 Å². The number of aromatic nitrogens is 1. The van der Waals surface area contributed by atoms with Crippen molar-refractivity contribution in [3.05, 3.63) is 23.8 Å². The van der Waals surface area contributed by atoms with Crippen molar-refractivity contribution in [2.75, 3.05) is 37.6 Å². The zero-order chi connectivity index (χ0) is 25.0. The molecule has 1 aliphatic heterocycles. The van der Waals surface area contributed by atoms with Gasteiger partial charge in [-0.25, -0.2) is 19.6 Å². The second-order valence-electron chi connectivity index (χ2n) is 9.63. The highest BCUT2D eigenvalue weighted by molar-refractivity contribution is 5.93. The topological polar surface area (TPSA) is 104 Å². The van der Waals surface area contributed by atoms with Gasteiger partial charge in [0.15, 0.2) is 0 Å². The fraction of sp³-hybridized carbons (Fsp3) is 0.636. The molecule has 1 aromatic heterocycles. The molecule has 0 saturated carbocycles. The normalized spacial score (nSPS) is 14.5. The molecule has 184 valence electrons. The average molecular weight is 468 g/mol. The number of nitrogens with zero attached hydrogens (tertiary/aromatic N) is 4. The predicted molar refractivity (Wildman–Crippen MR) is 120 cm³/mol. The minimum atomic E-state index is -0.811. The van der Waals surface area contributed by atoms with Crippen molar-refractivity contribution in [2.45, 2.75) is 59.7 Å². The molecule has 1 aliphatic rings. The molecule has 0 bridgehead atoms. The van der Waals surface area contributed by atoms with E-state index in [4.69, 9.17) is 9.47 Å². The quantitative estimate of drug-likeness (QED) is 0.538. The molecule has 0 unspecified atom stereocenters. The lowest BCUT2D eigenvalue weighted by Gasteiger charge is -2.36. The smallest absolute Gasteiger partial charge is 0.429 e. The Morgan fingerprint density at radius 3 is 2.09 bits per heavy atom. The highest BCUT2D eigenvalue weighted by atomic mass is 19.1. The first-order chi connectivity index (χ1) is 15.2. The van der Waals surface area contributed by atoms with E-state index in [-0.39, 0.29) is 17.9 Å². The van der Waals surface area contributed by atoms with Crippen LogP contribution in [-0.4, -0.2) is 76.9 Å². The van der Waals surface area contributed by atoms with Crippen LogP contribution in [0.25, 0.3) is 0 Å². The van der Waals surface area contributed by atoms with Gasteiger partial charge in [0.25, 0.3) is 5.91 Å². The molecule has 1 saturated heterocycles. The lowest BCUT2D eigenvalue weighted by atomic mass is 10.2. The first-order valence-electron chi connectivity index (χ1n) is 10.9. The number of ether oxygens (including phenoxy) is 2. The van der Waals surface area contributed by atoms with E-state index in [0.29, 0.717) is 26.2 Å². The molecule has 2 heterocycles. The first-order valence-corrected chi connectivity index (χ1v) is 10.9. The lowest BCUT2D eigenvalue weighted by molar-refractivity contribution is 0.0144. The van der Waals surface area contributed by atoms with E-state index in [1.165, 1.54) is 12.1 Å². The van der Waals surface area contributed by atoms with Crippen LogP contribution in [0.3, 0.4) is 0 Å². The number of carbonyl (C=O) groups is 3. The van der Waals surface area contributed by atoms with Crippen LogP contribution in [0.4, 0.5) is 19.7 Å². The molecule has 11 heteroatoms. The molecule has 2 rings (SSSR count). The molecule has 0 radical (unpaired) electrons. The van der Waals surface area contributed by atoms with Gasteiger partial charge >= 0.3 is 12.2 Å². The minimum absolute atomic E-state index is 0.156. The van der Waals surface area contributed by atoms with E-state index in [1.54, 1.807) is 58.3 Å². The maximum Gasteiger partial charge on any atom is 0.429 e. The summed E-state index contributed by atoms with van der Waals surface area (Å²) in [5.74, 6) is -1.54. The van der Waals surface area contributed by atoms with Crippen molar-refractivity contribution in [2.24, 2.45) is 0 Å². The minimum Gasteiger partial charge on any atom is -0.444 e. The Kier molecular flexibility index (Phi) is 8.10. The molecular weight excluding hydrogens is 433 g/mol. The average Bonchev–Trinajstić information content (AvgIpc) is 2.69. The van der Waals surface area contributed by atoms with Crippen LogP contribution < -0.4 is 10.3 Å². The largest absolute Gasteiger partial charge is 0.444 e. The number of hydrazine groups is 1. The van der Waals surface area contributed by atoms with E-state index in [0.717, 1.165) is 5.01 Å². The van der Waals surface area contributed by atoms with Gasteiger partial charge in [-0.2, -0.15) is 4.39 Å². The number of nitrogens with one attached hydrogen (secondary N) is 1. The van der Waals surface area contributed by atoms with Crippen molar-refractivity contribution in [1.29, 1.82) is 0 Å². The van der Waals surface area contributed by atoms with Gasteiger partial charge in [0.2, 0.25) is 5.95 Å². The third kappa shape index (κ3) is 7.76. The summed E-state index contributed by atoms with van der Waals surface area (Å²) in [6, 6.07) is 2.85. The second kappa shape index (κ2) is 10.2. The number of anilines is 1. The highest BCUT2D eigenvalue weighted by Crippen LogP contribution is 2.21. The van der Waals surface area contributed by atoms with Crippen LogP contribution in [-0.2, 0) is 9.47 Å². The van der Waals surface area contributed by atoms with Gasteiger partial charge in [0, 0.05) is 32.7 Å². The van der Waals surface area contributed by atoms with E-state index < -0.39 is 35.2 Å². The summed E-state index contributed by atoms with van der Waals surface area (Å²) < 4.78 is 25.3. The van der Waals surface area contributed by atoms with E-state index in [9.17, 15) is 18.8 Å². The molecule has 1 aromatic rings. The molecule has 1 fully saturated rings. The number of amides is 3. The van der Waals surface area contributed by atoms with Gasteiger partial charge in [-0.1, -0.05) is 0 Å². The Balaban J connectivity index is 2.00. The molecule has 10 nitrogen and oxygen atoms in total. The zero-order valence-corrected chi connectivity index (χ0v) is 20.4. The summed E-state index contributed by atoms with van der Waals surface area (Å²) in [6.45, 7) is 13.9. The van der Waals surface area contributed by atoms with E-state index in [1.807, 2.05) is 0 Å². The Bertz CT molecular complexity index is 873. The van der Waals surface area contributed by atoms with E-state index in [2.05, 4.69) is 10.4 Å². The fourth-order valence-corrected chi connectivity index (χ4v) is 3.00. The Morgan fingerprint density at radius 2 is 1.61 bits per heavy atom. The summed E-state index contributed by atoms with van der Waals surface area (Å²) in [5, 5.41) is 0.997. The summed E-state index contributed by atoms with van der Waals surface area (Å²) >= 11 is 0. The first kappa shape index (κ1) is 26.1. The van der Waals surface area contributed by atoms with Gasteiger partial charge in [0.05, 0.1) is 5.69 Å². The van der Waals surface area contributed by atoms with Crippen LogP contribution in [0.2, 0.25) is 0 Å². The van der Waals surface area contributed by atoms with Crippen LogP contribution >= 0.6 is 0 Å². The zero-order valence-electron chi connectivity index (χ0n) is 20.4. The van der Waals surface area contributed by atoms with Gasteiger partial charge < -0.3 is 19.3 Å². The number of rotatable bonds is 3. The molecule has 0 aliphatic carbocycles. The number of carbonyl (C=O) groups excluding carboxylic acids is 3. The summed E-state index contributed by atoms with van der Waals surface area (Å²) in [4.78, 5) is 44.0. The standard InChI is InChI=1S/C22H34FN5O5/c1-8-28(20(31)33-22(5,6)7)25-18(29)15-9-10-16(17(23)24-15)26-11-13-27(14-12-26)19(30)32-21(2,3)4/h9-10H,8,11-14H2,1-7H3,(H,25,29). The SMILES string of the molecule is CCN(NC(=O)c1ccc(N2CCN(C(=O)OC(C)(C)C)CC2)c(F)n1)C(=O)OC(C)(C)C. The van der Waals surface area contributed by atoms with Gasteiger partial charge in [-0.15, -0.1) is 0 Å². The van der Waals surface area contributed by atoms with Crippen molar-refractivity contribution in [1.82, 2.24) is 20.3 Å². The third-order valence-corrected chi connectivity index (χ3v) is 4.50. The lowest BCUT2D eigenvalue weighted by Crippen LogP contribution is -2.50. The maximum absolute atomic E-state index is 14.7. The van der Waals surface area contributed by atoms with Crippen molar-refractivity contribution in [3.8, 4) is 0 Å². The Labute approximate surface area is 194 Å². The van der Waals surface area contributed by atoms with Crippen LogP contribution in [0.1, 0.15) is 59.0 Å². The monoisotopic (exact) mass is 467 g/mol. The molecule has 0 atom stereocenters. The highest BCUT2D eigenvalue weighted by Gasteiger charge is 2.28. The van der Waals surface area contributed by atoms with Crippen molar-refractivity contribution < 1.29 is 28.2 Å². The predicted octanol–water partition coefficient (Wildman–Crippen LogP) is 3.18. The van der Waals surface area contributed by atoms with Gasteiger partial charge in [0.1, 0.15) is 16.9 Å². The molecular formula is C22H34FN5O5. The van der Waals surface area contributed by atoms with E-state index >= 15 is 0 Å². The van der Waals surface area contributed by atoms with Gasteiger partial charge in [-0.05, 0) is 60.6 Å². The summed E-state index contributed by atoms with van der Waals surface area (Å²) in [5.41, 5.74) is 1.13. The summed E-state index contributed by atoms with van der Waals surface area (Å²) in [6.07, 6.45) is -1.13. The van der Waals surface area contributed by atoms with Crippen LogP contribution in [0.15, 0.2) is 12.1 Å².